The Hall–Kier alpha value is -2.04. The van der Waals surface area contributed by atoms with E-state index in [1.54, 1.807) is 0 Å². The minimum atomic E-state index is -0.143. The van der Waals surface area contributed by atoms with Crippen molar-refractivity contribution in [3.05, 3.63) is 72.8 Å². The van der Waals surface area contributed by atoms with E-state index in [1.165, 1.54) is 23.8 Å². The van der Waals surface area contributed by atoms with Crippen molar-refractivity contribution in [1.29, 1.82) is 0 Å². The first kappa shape index (κ1) is 19.7. The SMILES string of the molecule is C=CCSC1(c2ccc(-c3ccccc3)cc2)CC(CC(=O)OC)N(C)C1. The molecule has 0 aromatic heterocycles. The predicted octanol–water partition coefficient (Wildman–Crippen LogP) is 4.74. The number of carbonyl (C=O) groups excluding carboxylic acids is 1. The van der Waals surface area contributed by atoms with Crippen LogP contribution in [0.25, 0.3) is 11.1 Å². The third-order valence-electron chi connectivity index (χ3n) is 5.32. The number of esters is 1. The lowest BCUT2D eigenvalue weighted by Crippen LogP contribution is -2.29. The number of nitrogens with zero attached hydrogens (tertiary/aromatic N) is 1. The van der Waals surface area contributed by atoms with Crippen molar-refractivity contribution in [3.63, 3.8) is 0 Å². The Morgan fingerprint density at radius 1 is 1.22 bits per heavy atom. The summed E-state index contributed by atoms with van der Waals surface area (Å²) in [5.41, 5.74) is 3.76. The van der Waals surface area contributed by atoms with Crippen LogP contribution in [0.4, 0.5) is 0 Å². The quantitative estimate of drug-likeness (QED) is 0.512. The van der Waals surface area contributed by atoms with E-state index in [9.17, 15) is 4.79 Å². The van der Waals surface area contributed by atoms with Crippen LogP contribution in [-0.2, 0) is 14.3 Å². The molecule has 1 fully saturated rings. The lowest BCUT2D eigenvalue weighted by atomic mass is 9.92. The average Bonchev–Trinajstić information content (AvgIpc) is 3.03. The highest BCUT2D eigenvalue weighted by Gasteiger charge is 2.44. The van der Waals surface area contributed by atoms with Crippen LogP contribution in [-0.4, -0.2) is 43.4 Å². The van der Waals surface area contributed by atoms with Gasteiger partial charge < -0.3 is 9.64 Å². The molecule has 142 valence electrons. The number of carbonyl (C=O) groups is 1. The summed E-state index contributed by atoms with van der Waals surface area (Å²) in [7, 11) is 3.56. The smallest absolute Gasteiger partial charge is 0.307 e. The molecule has 2 unspecified atom stereocenters. The summed E-state index contributed by atoms with van der Waals surface area (Å²) in [5.74, 6) is 0.745. The highest BCUT2D eigenvalue weighted by molar-refractivity contribution is 8.00. The molecular formula is C23H27NO2S. The van der Waals surface area contributed by atoms with Crippen molar-refractivity contribution in [2.45, 2.75) is 23.6 Å². The molecule has 1 heterocycles. The number of hydrogen-bond acceptors (Lipinski definition) is 4. The van der Waals surface area contributed by atoms with E-state index >= 15 is 0 Å². The number of likely N-dealkylation sites (tertiary alicyclic amines) is 1. The van der Waals surface area contributed by atoms with Gasteiger partial charge in [-0.15, -0.1) is 18.3 Å². The van der Waals surface area contributed by atoms with Gasteiger partial charge in [0.2, 0.25) is 0 Å². The molecule has 27 heavy (non-hydrogen) atoms. The molecule has 1 saturated heterocycles. The molecule has 0 radical (unpaired) electrons. The van der Waals surface area contributed by atoms with Crippen LogP contribution < -0.4 is 0 Å². The van der Waals surface area contributed by atoms with Gasteiger partial charge in [0, 0.05) is 18.3 Å². The predicted molar refractivity (Wildman–Crippen MR) is 114 cm³/mol. The molecule has 2 aromatic rings. The summed E-state index contributed by atoms with van der Waals surface area (Å²) in [5, 5.41) is 0. The molecule has 4 heteroatoms. The van der Waals surface area contributed by atoms with E-state index in [4.69, 9.17) is 4.74 Å². The van der Waals surface area contributed by atoms with Gasteiger partial charge in [-0.25, -0.2) is 0 Å². The van der Waals surface area contributed by atoms with E-state index in [0.29, 0.717) is 6.42 Å². The second-order valence-electron chi connectivity index (χ2n) is 7.09. The van der Waals surface area contributed by atoms with Crippen LogP contribution in [0.5, 0.6) is 0 Å². The Morgan fingerprint density at radius 2 is 1.89 bits per heavy atom. The van der Waals surface area contributed by atoms with Crippen molar-refractivity contribution < 1.29 is 9.53 Å². The zero-order valence-corrected chi connectivity index (χ0v) is 16.9. The largest absolute Gasteiger partial charge is 0.469 e. The topological polar surface area (TPSA) is 29.5 Å². The van der Waals surface area contributed by atoms with E-state index in [0.717, 1.165) is 18.7 Å². The lowest BCUT2D eigenvalue weighted by Gasteiger charge is -2.29. The highest BCUT2D eigenvalue weighted by Crippen LogP contribution is 2.47. The standard InChI is InChI=1S/C23H27NO2S/c1-4-14-27-23(16-21(24(2)17-23)15-22(25)26-3)20-12-10-19(11-13-20)18-8-6-5-7-9-18/h4-13,21H,1,14-17H2,2-3H3. The maximum Gasteiger partial charge on any atom is 0.307 e. The first-order valence-corrected chi connectivity index (χ1v) is 10.2. The zero-order valence-electron chi connectivity index (χ0n) is 16.1. The van der Waals surface area contributed by atoms with Crippen molar-refractivity contribution in [2.75, 3.05) is 26.5 Å². The van der Waals surface area contributed by atoms with E-state index in [2.05, 4.69) is 67.1 Å². The summed E-state index contributed by atoms with van der Waals surface area (Å²) in [6.07, 6.45) is 3.33. The number of benzene rings is 2. The van der Waals surface area contributed by atoms with Gasteiger partial charge >= 0.3 is 5.97 Å². The van der Waals surface area contributed by atoms with Gasteiger partial charge in [-0.3, -0.25) is 4.79 Å². The fraction of sp³-hybridized carbons (Fsp3) is 0.348. The highest BCUT2D eigenvalue weighted by atomic mass is 32.2. The van der Waals surface area contributed by atoms with Crippen LogP contribution >= 0.6 is 11.8 Å². The Kier molecular flexibility index (Phi) is 6.40. The van der Waals surface area contributed by atoms with Crippen molar-refractivity contribution in [1.82, 2.24) is 4.90 Å². The van der Waals surface area contributed by atoms with Gasteiger partial charge in [-0.05, 0) is 30.2 Å². The minimum absolute atomic E-state index is 0.0309. The molecule has 3 nitrogen and oxygen atoms in total. The number of thioether (sulfide) groups is 1. The fourth-order valence-corrected chi connectivity index (χ4v) is 5.19. The Labute approximate surface area is 166 Å². The average molecular weight is 382 g/mol. The van der Waals surface area contributed by atoms with Crippen LogP contribution in [0, 0.1) is 0 Å². The van der Waals surface area contributed by atoms with Gasteiger partial charge in [0.15, 0.2) is 0 Å². The molecule has 0 aliphatic carbocycles. The van der Waals surface area contributed by atoms with E-state index in [1.807, 2.05) is 23.9 Å². The third kappa shape index (κ3) is 4.45. The third-order valence-corrected chi connectivity index (χ3v) is 6.81. The number of hydrogen-bond donors (Lipinski definition) is 0. The molecule has 0 N–H and O–H groups in total. The number of ether oxygens (including phenoxy) is 1. The van der Waals surface area contributed by atoms with Crippen LogP contribution in [0.1, 0.15) is 18.4 Å². The van der Waals surface area contributed by atoms with Crippen molar-refractivity contribution >= 4 is 17.7 Å². The summed E-state index contributed by atoms with van der Waals surface area (Å²) < 4.78 is 4.86. The summed E-state index contributed by atoms with van der Waals surface area (Å²) in [6, 6.07) is 19.5. The second kappa shape index (κ2) is 8.77. The molecule has 3 rings (SSSR count). The molecule has 0 bridgehead atoms. The van der Waals surface area contributed by atoms with Gasteiger partial charge in [0.25, 0.3) is 0 Å². The van der Waals surface area contributed by atoms with Crippen LogP contribution in [0.3, 0.4) is 0 Å². The summed E-state index contributed by atoms with van der Waals surface area (Å²) >= 11 is 1.92. The monoisotopic (exact) mass is 381 g/mol. The van der Waals surface area contributed by atoms with Crippen LogP contribution in [0.2, 0.25) is 0 Å². The number of rotatable bonds is 7. The Bertz CT molecular complexity index is 775. The molecule has 0 saturated carbocycles. The summed E-state index contributed by atoms with van der Waals surface area (Å²) in [6.45, 7) is 4.81. The fourth-order valence-electron chi connectivity index (χ4n) is 3.85. The minimum Gasteiger partial charge on any atom is -0.469 e. The molecule has 1 aliphatic heterocycles. The zero-order chi connectivity index (χ0) is 19.3. The van der Waals surface area contributed by atoms with Crippen LogP contribution in [0.15, 0.2) is 67.3 Å². The van der Waals surface area contributed by atoms with E-state index < -0.39 is 0 Å². The van der Waals surface area contributed by atoms with E-state index in [-0.39, 0.29) is 16.8 Å². The Morgan fingerprint density at radius 3 is 2.52 bits per heavy atom. The molecular weight excluding hydrogens is 354 g/mol. The maximum absolute atomic E-state index is 11.8. The molecule has 0 spiro atoms. The maximum atomic E-state index is 11.8. The molecule has 2 atom stereocenters. The summed E-state index contributed by atoms with van der Waals surface area (Å²) in [4.78, 5) is 14.1. The van der Waals surface area contributed by atoms with Gasteiger partial charge in [-0.1, -0.05) is 60.7 Å². The first-order valence-electron chi connectivity index (χ1n) is 9.26. The van der Waals surface area contributed by atoms with Gasteiger partial charge in [0.05, 0.1) is 18.3 Å². The number of likely N-dealkylation sites (N-methyl/N-ethyl adjacent to an activating group) is 1. The lowest BCUT2D eigenvalue weighted by molar-refractivity contribution is -0.141. The normalized spacial score (nSPS) is 22.5. The van der Waals surface area contributed by atoms with Gasteiger partial charge in [-0.2, -0.15) is 0 Å². The van der Waals surface area contributed by atoms with Crippen molar-refractivity contribution in [2.24, 2.45) is 0 Å². The Balaban J connectivity index is 1.86. The molecule has 1 aliphatic rings. The number of methoxy groups -OCH3 is 1. The molecule has 2 aromatic carbocycles. The second-order valence-corrected chi connectivity index (χ2v) is 8.49. The van der Waals surface area contributed by atoms with Crippen molar-refractivity contribution in [3.8, 4) is 11.1 Å². The van der Waals surface area contributed by atoms with Gasteiger partial charge in [0.1, 0.15) is 0 Å². The molecule has 0 amide bonds. The first-order chi connectivity index (χ1) is 13.1.